The molecule has 174 valence electrons. The normalized spacial score (nSPS) is 19.1. The van der Waals surface area contributed by atoms with Crippen LogP contribution < -0.4 is 11.3 Å². The molecular formula is C25H33N7O. The van der Waals surface area contributed by atoms with Crippen molar-refractivity contribution >= 4 is 16.9 Å². The molecule has 1 aliphatic rings. The van der Waals surface area contributed by atoms with Gasteiger partial charge in [0.05, 0.1) is 16.7 Å². The standard InChI is InChI=1S/C25H33N7O/c1-17-9-8-10-18(2)31(17)15-6-3-7-16-32-21-12-5-4-11-19(21)29-22(25(32)33)20-13-14-28-24(30-20)23(26)27/h4-5,11-14,17-18H,3,6-10,15-16H2,1-2H3,(H3,26,27)/t17-,18+. The van der Waals surface area contributed by atoms with E-state index in [1.54, 1.807) is 10.6 Å². The fourth-order valence-corrected chi connectivity index (χ4v) is 4.86. The van der Waals surface area contributed by atoms with Crippen LogP contribution >= 0.6 is 0 Å². The molecule has 3 N–H and O–H groups in total. The summed E-state index contributed by atoms with van der Waals surface area (Å²) in [6.45, 7) is 6.42. The summed E-state index contributed by atoms with van der Waals surface area (Å²) in [6, 6.07) is 10.6. The van der Waals surface area contributed by atoms with Gasteiger partial charge in [-0.2, -0.15) is 0 Å². The zero-order valence-corrected chi connectivity index (χ0v) is 19.5. The number of likely N-dealkylation sites (tertiary alicyclic amines) is 1. The first-order chi connectivity index (χ1) is 16.0. The van der Waals surface area contributed by atoms with Gasteiger partial charge in [0.1, 0.15) is 0 Å². The third-order valence-electron chi connectivity index (χ3n) is 6.67. The molecular weight excluding hydrogens is 414 g/mol. The fraction of sp³-hybridized carbons (Fsp3) is 0.480. The van der Waals surface area contributed by atoms with Gasteiger partial charge in [-0.25, -0.2) is 15.0 Å². The van der Waals surface area contributed by atoms with Crippen LogP contribution in [0.4, 0.5) is 0 Å². The lowest BCUT2D eigenvalue weighted by Crippen LogP contribution is -2.44. The van der Waals surface area contributed by atoms with Gasteiger partial charge in [-0.3, -0.25) is 15.1 Å². The van der Waals surface area contributed by atoms with Gasteiger partial charge in [0, 0.05) is 24.8 Å². The van der Waals surface area contributed by atoms with Crippen molar-refractivity contribution in [2.45, 2.75) is 71.0 Å². The zero-order chi connectivity index (χ0) is 23.4. The second kappa shape index (κ2) is 10.2. The van der Waals surface area contributed by atoms with Gasteiger partial charge in [-0.1, -0.05) is 25.0 Å². The van der Waals surface area contributed by atoms with Gasteiger partial charge in [-0.15, -0.1) is 0 Å². The van der Waals surface area contributed by atoms with Crippen LogP contribution in [0.5, 0.6) is 0 Å². The van der Waals surface area contributed by atoms with Crippen molar-refractivity contribution in [1.29, 1.82) is 5.41 Å². The van der Waals surface area contributed by atoms with E-state index < -0.39 is 0 Å². The maximum Gasteiger partial charge on any atom is 0.279 e. The molecule has 8 heteroatoms. The number of nitrogens with two attached hydrogens (primary N) is 1. The number of rotatable bonds is 8. The van der Waals surface area contributed by atoms with Crippen molar-refractivity contribution in [2.24, 2.45) is 5.73 Å². The minimum absolute atomic E-state index is 0.0922. The number of hydrogen-bond acceptors (Lipinski definition) is 6. The van der Waals surface area contributed by atoms with Crippen LogP contribution in [0, 0.1) is 5.41 Å². The van der Waals surface area contributed by atoms with Crippen LogP contribution in [-0.2, 0) is 6.54 Å². The summed E-state index contributed by atoms with van der Waals surface area (Å²) in [7, 11) is 0. The lowest BCUT2D eigenvalue weighted by molar-refractivity contribution is 0.101. The van der Waals surface area contributed by atoms with Crippen molar-refractivity contribution in [2.75, 3.05) is 6.54 Å². The number of amidine groups is 1. The highest BCUT2D eigenvalue weighted by molar-refractivity contribution is 5.91. The number of fused-ring (bicyclic) bond motifs is 1. The summed E-state index contributed by atoms with van der Waals surface area (Å²) in [4.78, 5) is 28.9. The SMILES string of the molecule is C[C@@H]1CCC[C@H](C)N1CCCCCn1c(=O)c(-c2ccnc(C(=N)N)n2)nc2ccccc21. The van der Waals surface area contributed by atoms with Crippen LogP contribution in [0.3, 0.4) is 0 Å². The Morgan fingerprint density at radius 1 is 1.06 bits per heavy atom. The Labute approximate surface area is 194 Å². The molecule has 0 unspecified atom stereocenters. The number of nitrogen functional groups attached to an aromatic ring is 1. The van der Waals surface area contributed by atoms with Crippen molar-refractivity contribution in [3.05, 3.63) is 52.7 Å². The van der Waals surface area contributed by atoms with E-state index in [0.29, 0.717) is 24.3 Å². The van der Waals surface area contributed by atoms with Gasteiger partial charge in [0.25, 0.3) is 5.56 Å². The molecule has 1 saturated heterocycles. The van der Waals surface area contributed by atoms with Gasteiger partial charge in [-0.05, 0) is 64.3 Å². The largest absolute Gasteiger partial charge is 0.381 e. The summed E-state index contributed by atoms with van der Waals surface area (Å²) in [5.41, 5.74) is 7.56. The number of nitrogens with zero attached hydrogens (tertiary/aromatic N) is 5. The summed E-state index contributed by atoms with van der Waals surface area (Å²) in [5.74, 6) is -0.148. The van der Waals surface area contributed by atoms with Gasteiger partial charge in [0.2, 0.25) is 0 Å². The third kappa shape index (κ3) is 5.11. The predicted octanol–water partition coefficient (Wildman–Crippen LogP) is 3.57. The summed E-state index contributed by atoms with van der Waals surface area (Å²) in [6.07, 6.45) is 8.54. The molecule has 2 aromatic heterocycles. The molecule has 0 bridgehead atoms. The number of benzene rings is 1. The molecule has 0 amide bonds. The number of unbranched alkanes of at least 4 members (excludes halogenated alkanes) is 2. The predicted molar refractivity (Wildman–Crippen MR) is 131 cm³/mol. The summed E-state index contributed by atoms with van der Waals surface area (Å²) >= 11 is 0. The Bertz CT molecular complexity index is 1180. The van der Waals surface area contributed by atoms with E-state index >= 15 is 0 Å². The minimum Gasteiger partial charge on any atom is -0.381 e. The highest BCUT2D eigenvalue weighted by atomic mass is 16.1. The highest BCUT2D eigenvalue weighted by Crippen LogP contribution is 2.23. The Balaban J connectivity index is 1.52. The summed E-state index contributed by atoms with van der Waals surface area (Å²) in [5, 5.41) is 7.60. The third-order valence-corrected chi connectivity index (χ3v) is 6.67. The second-order valence-electron chi connectivity index (χ2n) is 9.01. The van der Waals surface area contributed by atoms with Crippen molar-refractivity contribution in [3.63, 3.8) is 0 Å². The molecule has 0 saturated carbocycles. The smallest absolute Gasteiger partial charge is 0.279 e. The minimum atomic E-state index is -0.240. The molecule has 1 aliphatic heterocycles. The Kier molecular flexibility index (Phi) is 7.13. The summed E-state index contributed by atoms with van der Waals surface area (Å²) < 4.78 is 1.80. The average molecular weight is 448 g/mol. The van der Waals surface area contributed by atoms with Gasteiger partial charge in [0.15, 0.2) is 17.4 Å². The van der Waals surface area contributed by atoms with Gasteiger partial charge >= 0.3 is 0 Å². The van der Waals surface area contributed by atoms with Gasteiger partial charge < -0.3 is 10.3 Å². The van der Waals surface area contributed by atoms with E-state index in [-0.39, 0.29) is 22.9 Å². The molecule has 1 aromatic carbocycles. The van der Waals surface area contributed by atoms with Crippen molar-refractivity contribution in [1.82, 2.24) is 24.4 Å². The molecule has 1 fully saturated rings. The van der Waals surface area contributed by atoms with Crippen LogP contribution in [0.15, 0.2) is 41.3 Å². The molecule has 8 nitrogen and oxygen atoms in total. The lowest BCUT2D eigenvalue weighted by atomic mass is 9.97. The number of piperidine rings is 1. The van der Waals surface area contributed by atoms with Crippen LogP contribution in [-0.4, -0.2) is 48.9 Å². The zero-order valence-electron chi connectivity index (χ0n) is 19.5. The first kappa shape index (κ1) is 23.0. The molecule has 3 aromatic rings. The van der Waals surface area contributed by atoms with E-state index in [2.05, 4.69) is 33.7 Å². The fourth-order valence-electron chi connectivity index (χ4n) is 4.86. The first-order valence-electron chi connectivity index (χ1n) is 11.9. The van der Waals surface area contributed by atoms with Crippen LogP contribution in [0.2, 0.25) is 0 Å². The van der Waals surface area contributed by atoms with E-state index in [1.165, 1.54) is 25.5 Å². The van der Waals surface area contributed by atoms with E-state index in [9.17, 15) is 4.79 Å². The average Bonchev–Trinajstić information content (AvgIpc) is 2.81. The van der Waals surface area contributed by atoms with Crippen molar-refractivity contribution < 1.29 is 0 Å². The molecule has 0 aliphatic carbocycles. The molecule has 0 spiro atoms. The van der Waals surface area contributed by atoms with E-state index in [1.807, 2.05) is 24.3 Å². The topological polar surface area (TPSA) is 114 Å². The van der Waals surface area contributed by atoms with E-state index in [4.69, 9.17) is 11.1 Å². The maximum absolute atomic E-state index is 13.4. The first-order valence-corrected chi connectivity index (χ1v) is 11.9. The highest BCUT2D eigenvalue weighted by Gasteiger charge is 2.23. The lowest BCUT2D eigenvalue weighted by Gasteiger charge is -2.39. The molecule has 4 rings (SSSR count). The number of nitrogens with one attached hydrogen (secondary N) is 1. The number of para-hydroxylation sites is 2. The monoisotopic (exact) mass is 447 g/mol. The van der Waals surface area contributed by atoms with Crippen LogP contribution in [0.1, 0.15) is 58.2 Å². The maximum atomic E-state index is 13.4. The molecule has 33 heavy (non-hydrogen) atoms. The Hall–Kier alpha value is -3.13. The van der Waals surface area contributed by atoms with Crippen molar-refractivity contribution in [3.8, 4) is 11.4 Å². The second-order valence-corrected chi connectivity index (χ2v) is 9.01. The molecule has 0 radical (unpaired) electrons. The Morgan fingerprint density at radius 3 is 2.55 bits per heavy atom. The molecule has 3 heterocycles. The number of aryl methyl sites for hydroxylation is 1. The quantitative estimate of drug-likeness (QED) is 0.310. The number of aromatic nitrogens is 4. The van der Waals surface area contributed by atoms with Crippen LogP contribution in [0.25, 0.3) is 22.4 Å². The molecule has 2 atom stereocenters. The Morgan fingerprint density at radius 2 is 1.79 bits per heavy atom. The number of hydrogen-bond donors (Lipinski definition) is 2. The van der Waals surface area contributed by atoms with E-state index in [0.717, 1.165) is 36.8 Å².